The number of sulfonamides is 1. The molecule has 2 aromatic rings. The fourth-order valence-electron chi connectivity index (χ4n) is 2.85. The molecule has 0 saturated heterocycles. The lowest BCUT2D eigenvalue weighted by molar-refractivity contribution is 0.375. The van der Waals surface area contributed by atoms with E-state index in [0.717, 1.165) is 22.5 Å². The van der Waals surface area contributed by atoms with E-state index < -0.39 is 10.0 Å². The molecule has 1 aliphatic rings. The van der Waals surface area contributed by atoms with Gasteiger partial charge in [-0.25, -0.2) is 8.42 Å². The molecule has 1 heterocycles. The van der Waals surface area contributed by atoms with E-state index in [9.17, 15) is 8.42 Å². The zero-order chi connectivity index (χ0) is 18.2. The highest BCUT2D eigenvalue weighted by atomic mass is 35.5. The maximum atomic E-state index is 12.2. The van der Waals surface area contributed by atoms with Crippen molar-refractivity contribution < 1.29 is 8.42 Å². The minimum Gasteiger partial charge on any atom is -0.378 e. The third-order valence-electron chi connectivity index (χ3n) is 4.18. The van der Waals surface area contributed by atoms with Gasteiger partial charge in [0.25, 0.3) is 0 Å². The number of hydrogen-bond donors (Lipinski definition) is 0. The molecule has 1 aliphatic heterocycles. The number of halogens is 1. The van der Waals surface area contributed by atoms with E-state index in [1.807, 2.05) is 55.4 Å². The number of rotatable bonds is 4. The van der Waals surface area contributed by atoms with Crippen LogP contribution < -0.4 is 4.90 Å². The number of nitrogens with zero attached hydrogens (tertiary/aromatic N) is 3. The fourth-order valence-corrected chi connectivity index (χ4v) is 3.89. The van der Waals surface area contributed by atoms with E-state index >= 15 is 0 Å². The van der Waals surface area contributed by atoms with Crippen LogP contribution >= 0.6 is 11.6 Å². The average molecular weight is 378 g/mol. The Morgan fingerprint density at radius 1 is 1.08 bits per heavy atom. The maximum Gasteiger partial charge on any atom is 0.247 e. The van der Waals surface area contributed by atoms with Crippen molar-refractivity contribution in [3.05, 3.63) is 64.7 Å². The molecule has 0 unspecified atom stereocenters. The SMILES string of the molecule is CN(C)c1ccc([C@@H]2CC(c3ccc(Cl)cc3)=NN2S(C)(=O)=O)cc1. The maximum absolute atomic E-state index is 12.2. The van der Waals surface area contributed by atoms with Gasteiger partial charge in [-0.2, -0.15) is 9.52 Å². The van der Waals surface area contributed by atoms with E-state index in [0.29, 0.717) is 11.4 Å². The molecule has 0 spiro atoms. The smallest absolute Gasteiger partial charge is 0.247 e. The van der Waals surface area contributed by atoms with Crippen LogP contribution in [0.15, 0.2) is 53.6 Å². The second-order valence-electron chi connectivity index (χ2n) is 6.30. The third kappa shape index (κ3) is 3.80. The Morgan fingerprint density at radius 3 is 2.20 bits per heavy atom. The molecule has 132 valence electrons. The highest BCUT2D eigenvalue weighted by Crippen LogP contribution is 2.35. The van der Waals surface area contributed by atoms with Crippen molar-refractivity contribution in [2.75, 3.05) is 25.3 Å². The standard InChI is InChI=1S/C18H20ClN3O2S/c1-21(2)16-10-6-14(7-11-16)18-12-17(20-22(18)25(3,23)24)13-4-8-15(19)9-5-13/h4-11,18H,12H2,1-3H3/t18-/m0/s1. The topological polar surface area (TPSA) is 53.0 Å². The first-order valence-corrected chi connectivity index (χ1v) is 10.1. The first kappa shape index (κ1) is 17.8. The summed E-state index contributed by atoms with van der Waals surface area (Å²) >= 11 is 5.93. The lowest BCUT2D eigenvalue weighted by Gasteiger charge is -2.22. The van der Waals surface area contributed by atoms with Crippen molar-refractivity contribution in [1.82, 2.24) is 4.41 Å². The molecule has 0 amide bonds. The molecule has 0 bridgehead atoms. The van der Waals surface area contributed by atoms with Gasteiger partial charge in [-0.1, -0.05) is 35.9 Å². The summed E-state index contributed by atoms with van der Waals surface area (Å²) in [5, 5.41) is 5.02. The summed E-state index contributed by atoms with van der Waals surface area (Å²) in [7, 11) is 0.469. The lowest BCUT2D eigenvalue weighted by Crippen LogP contribution is -2.26. The van der Waals surface area contributed by atoms with E-state index in [2.05, 4.69) is 5.10 Å². The number of hydrogen-bond acceptors (Lipinski definition) is 4. The van der Waals surface area contributed by atoms with E-state index in [-0.39, 0.29) is 6.04 Å². The number of benzene rings is 2. The summed E-state index contributed by atoms with van der Waals surface area (Å²) in [4.78, 5) is 2.00. The quantitative estimate of drug-likeness (QED) is 0.819. The summed E-state index contributed by atoms with van der Waals surface area (Å²) in [5.74, 6) is 0. The summed E-state index contributed by atoms with van der Waals surface area (Å²) < 4.78 is 25.6. The van der Waals surface area contributed by atoms with Gasteiger partial charge in [0.15, 0.2) is 0 Å². The number of hydrazone groups is 1. The predicted octanol–water partition coefficient (Wildman–Crippen LogP) is 3.52. The summed E-state index contributed by atoms with van der Waals surface area (Å²) in [5.41, 5.74) is 3.60. The summed E-state index contributed by atoms with van der Waals surface area (Å²) in [6.45, 7) is 0. The summed E-state index contributed by atoms with van der Waals surface area (Å²) in [6.07, 6.45) is 1.71. The Balaban J connectivity index is 1.95. The van der Waals surface area contributed by atoms with Gasteiger partial charge < -0.3 is 4.90 Å². The molecular formula is C18H20ClN3O2S. The van der Waals surface area contributed by atoms with E-state index in [4.69, 9.17) is 11.6 Å². The molecule has 3 rings (SSSR count). The van der Waals surface area contributed by atoms with E-state index in [1.54, 1.807) is 12.1 Å². The second kappa shape index (κ2) is 6.69. The lowest BCUT2D eigenvalue weighted by atomic mass is 9.99. The monoisotopic (exact) mass is 377 g/mol. The molecule has 5 nitrogen and oxygen atoms in total. The second-order valence-corrected chi connectivity index (χ2v) is 8.57. The van der Waals surface area contributed by atoms with Crippen LogP contribution in [0.4, 0.5) is 5.69 Å². The van der Waals surface area contributed by atoms with Gasteiger partial charge in [-0.05, 0) is 35.4 Å². The first-order chi connectivity index (χ1) is 11.8. The molecule has 2 aromatic carbocycles. The van der Waals surface area contributed by atoms with Crippen LogP contribution in [0.5, 0.6) is 0 Å². The van der Waals surface area contributed by atoms with Crippen molar-refractivity contribution in [2.24, 2.45) is 5.10 Å². The fraction of sp³-hybridized carbons (Fsp3) is 0.278. The van der Waals surface area contributed by atoms with Crippen LogP contribution in [0, 0.1) is 0 Å². The van der Waals surface area contributed by atoms with Crippen molar-refractivity contribution in [2.45, 2.75) is 12.5 Å². The van der Waals surface area contributed by atoms with Crippen LogP contribution in [0.2, 0.25) is 5.02 Å². The van der Waals surface area contributed by atoms with Crippen molar-refractivity contribution in [1.29, 1.82) is 0 Å². The highest BCUT2D eigenvalue weighted by molar-refractivity contribution is 7.88. The summed E-state index contributed by atoms with van der Waals surface area (Å²) in [6, 6.07) is 14.8. The Morgan fingerprint density at radius 2 is 1.68 bits per heavy atom. The van der Waals surface area contributed by atoms with E-state index in [1.165, 1.54) is 10.7 Å². The van der Waals surface area contributed by atoms with Gasteiger partial charge in [-0.3, -0.25) is 0 Å². The van der Waals surface area contributed by atoms with Crippen LogP contribution in [-0.4, -0.2) is 38.9 Å². The minimum absolute atomic E-state index is 0.336. The van der Waals surface area contributed by atoms with Gasteiger partial charge in [0.05, 0.1) is 18.0 Å². The van der Waals surface area contributed by atoms with Crippen LogP contribution in [0.3, 0.4) is 0 Å². The average Bonchev–Trinajstić information content (AvgIpc) is 3.01. The Hall–Kier alpha value is -2.05. The Labute approximate surface area is 153 Å². The van der Waals surface area contributed by atoms with Gasteiger partial charge >= 0.3 is 0 Å². The third-order valence-corrected chi connectivity index (χ3v) is 5.45. The molecule has 1 atom stereocenters. The molecule has 7 heteroatoms. The molecule has 0 saturated carbocycles. The van der Waals surface area contributed by atoms with Crippen LogP contribution in [-0.2, 0) is 10.0 Å². The Bertz CT molecular complexity index is 891. The molecule has 25 heavy (non-hydrogen) atoms. The van der Waals surface area contributed by atoms with Gasteiger partial charge in [0.2, 0.25) is 10.0 Å². The first-order valence-electron chi connectivity index (χ1n) is 7.86. The van der Waals surface area contributed by atoms with Crippen molar-refractivity contribution >= 4 is 33.0 Å². The molecular weight excluding hydrogens is 358 g/mol. The molecule has 0 fully saturated rings. The van der Waals surface area contributed by atoms with Crippen LogP contribution in [0.1, 0.15) is 23.6 Å². The molecule has 0 aliphatic carbocycles. The number of anilines is 1. The zero-order valence-corrected chi connectivity index (χ0v) is 15.9. The normalized spacial score (nSPS) is 17.5. The minimum atomic E-state index is -3.47. The Kier molecular flexibility index (Phi) is 4.75. The van der Waals surface area contributed by atoms with Gasteiger partial charge in [0.1, 0.15) is 0 Å². The van der Waals surface area contributed by atoms with Gasteiger partial charge in [0, 0.05) is 31.2 Å². The molecule has 0 N–H and O–H groups in total. The zero-order valence-electron chi connectivity index (χ0n) is 14.3. The molecule has 0 aromatic heterocycles. The van der Waals surface area contributed by atoms with Crippen LogP contribution in [0.25, 0.3) is 0 Å². The molecule has 0 radical (unpaired) electrons. The largest absolute Gasteiger partial charge is 0.378 e. The van der Waals surface area contributed by atoms with Gasteiger partial charge in [-0.15, -0.1) is 0 Å². The van der Waals surface area contributed by atoms with Crippen molar-refractivity contribution in [3.8, 4) is 0 Å². The predicted molar refractivity (Wildman–Crippen MR) is 103 cm³/mol. The highest BCUT2D eigenvalue weighted by Gasteiger charge is 2.34. The van der Waals surface area contributed by atoms with Crippen molar-refractivity contribution in [3.63, 3.8) is 0 Å².